The number of carbonyl (C=O) groups excluding carboxylic acids is 1. The molecule has 0 saturated heterocycles. The van der Waals surface area contributed by atoms with Crippen molar-refractivity contribution >= 4 is 17.2 Å². The second-order valence-electron chi connectivity index (χ2n) is 3.35. The highest BCUT2D eigenvalue weighted by Gasteiger charge is 2.08. The Labute approximate surface area is 101 Å². The summed E-state index contributed by atoms with van der Waals surface area (Å²) in [5.74, 6) is -0.666. The number of nitrogens with zero attached hydrogens (tertiary/aromatic N) is 1. The Morgan fingerprint density at radius 2 is 2.00 bits per heavy atom. The number of hydrogen-bond acceptors (Lipinski definition) is 5. The third kappa shape index (κ3) is 2.94. The Morgan fingerprint density at radius 3 is 2.59 bits per heavy atom. The van der Waals surface area contributed by atoms with Crippen molar-refractivity contribution in [3.05, 3.63) is 40.3 Å². The zero-order chi connectivity index (χ0) is 12.3. The maximum atomic E-state index is 11.7. The molecule has 6 heteroatoms. The quantitative estimate of drug-likeness (QED) is 0.770. The second-order valence-corrected chi connectivity index (χ2v) is 4.33. The van der Waals surface area contributed by atoms with Crippen LogP contribution in [-0.2, 0) is 6.54 Å². The van der Waals surface area contributed by atoms with Crippen LogP contribution in [0.5, 0.6) is 11.5 Å². The third-order valence-corrected chi connectivity index (χ3v) is 2.83. The smallest absolute Gasteiger partial charge is 0.251 e. The van der Waals surface area contributed by atoms with E-state index in [0.717, 1.165) is 11.1 Å². The second kappa shape index (κ2) is 4.84. The lowest BCUT2D eigenvalue weighted by atomic mass is 10.2. The Hall–Kier alpha value is -2.08. The van der Waals surface area contributed by atoms with Crippen LogP contribution in [0.3, 0.4) is 0 Å². The number of hydrogen-bond donors (Lipinski definition) is 3. The maximum absolute atomic E-state index is 11.7. The SMILES string of the molecule is O=C(NCc1nccs1)c1cc(O)cc(O)c1. The van der Waals surface area contributed by atoms with E-state index in [2.05, 4.69) is 10.3 Å². The number of benzene rings is 1. The first-order valence-electron chi connectivity index (χ1n) is 4.85. The molecule has 0 aliphatic rings. The highest BCUT2D eigenvalue weighted by molar-refractivity contribution is 7.09. The van der Waals surface area contributed by atoms with Gasteiger partial charge in [0.1, 0.15) is 16.5 Å². The molecule has 0 radical (unpaired) electrons. The first kappa shape index (κ1) is 11.4. The minimum Gasteiger partial charge on any atom is -0.508 e. The van der Waals surface area contributed by atoms with Gasteiger partial charge in [-0.2, -0.15) is 0 Å². The lowest BCUT2D eigenvalue weighted by Gasteiger charge is -2.04. The van der Waals surface area contributed by atoms with Gasteiger partial charge in [0.25, 0.3) is 5.91 Å². The monoisotopic (exact) mass is 250 g/mol. The normalized spacial score (nSPS) is 10.1. The van der Waals surface area contributed by atoms with Crippen LogP contribution in [0.4, 0.5) is 0 Å². The summed E-state index contributed by atoms with van der Waals surface area (Å²) in [5, 5.41) is 23.7. The van der Waals surface area contributed by atoms with Crippen LogP contribution in [0.2, 0.25) is 0 Å². The van der Waals surface area contributed by atoms with Gasteiger partial charge >= 0.3 is 0 Å². The van der Waals surface area contributed by atoms with E-state index in [9.17, 15) is 15.0 Å². The molecule has 1 aromatic carbocycles. The Balaban J connectivity index is 2.04. The Morgan fingerprint density at radius 1 is 1.29 bits per heavy atom. The van der Waals surface area contributed by atoms with Crippen LogP contribution >= 0.6 is 11.3 Å². The van der Waals surface area contributed by atoms with Gasteiger partial charge in [-0.15, -0.1) is 11.3 Å². The van der Waals surface area contributed by atoms with E-state index in [0.29, 0.717) is 6.54 Å². The summed E-state index contributed by atoms with van der Waals surface area (Å²) < 4.78 is 0. The molecule has 0 aliphatic carbocycles. The first-order valence-corrected chi connectivity index (χ1v) is 5.73. The molecule has 0 fully saturated rings. The summed E-state index contributed by atoms with van der Waals surface area (Å²) in [4.78, 5) is 15.7. The van der Waals surface area contributed by atoms with Gasteiger partial charge in [0, 0.05) is 23.2 Å². The molecule has 3 N–H and O–H groups in total. The van der Waals surface area contributed by atoms with E-state index in [-0.39, 0.29) is 23.0 Å². The highest BCUT2D eigenvalue weighted by Crippen LogP contribution is 2.20. The minimum absolute atomic E-state index is 0.149. The van der Waals surface area contributed by atoms with Gasteiger partial charge in [0.15, 0.2) is 0 Å². The van der Waals surface area contributed by atoms with Gasteiger partial charge in [-0.05, 0) is 12.1 Å². The molecule has 2 aromatic rings. The molecule has 1 heterocycles. The van der Waals surface area contributed by atoms with Gasteiger partial charge in [-0.3, -0.25) is 4.79 Å². The van der Waals surface area contributed by atoms with E-state index in [1.165, 1.54) is 23.5 Å². The number of nitrogens with one attached hydrogen (secondary N) is 1. The number of aromatic nitrogens is 1. The summed E-state index contributed by atoms with van der Waals surface area (Å²) in [6.45, 7) is 0.326. The topological polar surface area (TPSA) is 82.5 Å². The summed E-state index contributed by atoms with van der Waals surface area (Å²) in [6, 6.07) is 3.74. The lowest BCUT2D eigenvalue weighted by Crippen LogP contribution is -2.22. The summed E-state index contributed by atoms with van der Waals surface area (Å²) >= 11 is 1.44. The van der Waals surface area contributed by atoms with Crippen LogP contribution in [0.15, 0.2) is 29.8 Å². The van der Waals surface area contributed by atoms with E-state index < -0.39 is 0 Å². The van der Waals surface area contributed by atoms with Crippen LogP contribution in [0, 0.1) is 0 Å². The number of carbonyl (C=O) groups is 1. The number of thiazole rings is 1. The number of amides is 1. The molecule has 0 spiro atoms. The molecule has 1 aromatic heterocycles. The van der Waals surface area contributed by atoms with Crippen molar-refractivity contribution in [3.8, 4) is 11.5 Å². The predicted molar refractivity (Wildman–Crippen MR) is 63.1 cm³/mol. The summed E-state index contributed by atoms with van der Waals surface area (Å²) in [5.41, 5.74) is 0.207. The van der Waals surface area contributed by atoms with Crippen LogP contribution < -0.4 is 5.32 Å². The van der Waals surface area contributed by atoms with Gasteiger partial charge < -0.3 is 15.5 Å². The summed E-state index contributed by atoms with van der Waals surface area (Å²) in [6.07, 6.45) is 1.66. The molecular weight excluding hydrogens is 240 g/mol. The molecule has 88 valence electrons. The van der Waals surface area contributed by atoms with Crippen molar-refractivity contribution in [3.63, 3.8) is 0 Å². The van der Waals surface area contributed by atoms with Crippen molar-refractivity contribution < 1.29 is 15.0 Å². The fourth-order valence-corrected chi connectivity index (χ4v) is 1.88. The standard InChI is InChI=1S/C11H10N2O3S/c14-8-3-7(4-9(15)5-8)11(16)13-6-10-12-1-2-17-10/h1-5,14-15H,6H2,(H,13,16). The zero-order valence-electron chi connectivity index (χ0n) is 8.75. The molecule has 0 saturated carbocycles. The van der Waals surface area contributed by atoms with Gasteiger partial charge in [0.2, 0.25) is 0 Å². The number of phenolic OH excluding ortho intramolecular Hbond substituents is 2. The predicted octanol–water partition coefficient (Wildman–Crippen LogP) is 1.48. The molecule has 0 unspecified atom stereocenters. The van der Waals surface area contributed by atoms with Crippen LogP contribution in [0.1, 0.15) is 15.4 Å². The number of rotatable bonds is 3. The average molecular weight is 250 g/mol. The van der Waals surface area contributed by atoms with E-state index >= 15 is 0 Å². The fraction of sp³-hybridized carbons (Fsp3) is 0.0909. The lowest BCUT2D eigenvalue weighted by molar-refractivity contribution is 0.0950. The molecule has 5 nitrogen and oxygen atoms in total. The molecule has 0 bridgehead atoms. The van der Waals surface area contributed by atoms with Crippen molar-refractivity contribution in [2.75, 3.05) is 0 Å². The van der Waals surface area contributed by atoms with E-state index in [1.54, 1.807) is 6.20 Å². The van der Waals surface area contributed by atoms with Gasteiger partial charge in [-0.25, -0.2) is 4.98 Å². The molecule has 1 amide bonds. The molecular formula is C11H10N2O3S. The Bertz CT molecular complexity index is 505. The van der Waals surface area contributed by atoms with Gasteiger partial charge in [0.05, 0.1) is 6.54 Å². The van der Waals surface area contributed by atoms with E-state index in [1.807, 2.05) is 5.38 Å². The average Bonchev–Trinajstić information content (AvgIpc) is 2.77. The molecule has 0 atom stereocenters. The van der Waals surface area contributed by atoms with Crippen LogP contribution in [0.25, 0.3) is 0 Å². The zero-order valence-corrected chi connectivity index (χ0v) is 9.57. The van der Waals surface area contributed by atoms with E-state index in [4.69, 9.17) is 0 Å². The molecule has 0 aliphatic heterocycles. The molecule has 17 heavy (non-hydrogen) atoms. The number of aromatic hydroxyl groups is 2. The minimum atomic E-state index is -0.369. The largest absolute Gasteiger partial charge is 0.508 e. The van der Waals surface area contributed by atoms with Crippen molar-refractivity contribution in [1.29, 1.82) is 0 Å². The van der Waals surface area contributed by atoms with Crippen molar-refractivity contribution in [1.82, 2.24) is 10.3 Å². The van der Waals surface area contributed by atoms with Gasteiger partial charge in [-0.1, -0.05) is 0 Å². The molecule has 2 rings (SSSR count). The number of phenols is 2. The maximum Gasteiger partial charge on any atom is 0.251 e. The fourth-order valence-electron chi connectivity index (χ4n) is 1.32. The Kier molecular flexibility index (Phi) is 3.24. The third-order valence-electron chi connectivity index (χ3n) is 2.05. The first-order chi connectivity index (χ1) is 8.15. The summed E-state index contributed by atoms with van der Waals surface area (Å²) in [7, 11) is 0. The van der Waals surface area contributed by atoms with Crippen LogP contribution in [-0.4, -0.2) is 21.1 Å². The van der Waals surface area contributed by atoms with Crippen molar-refractivity contribution in [2.45, 2.75) is 6.54 Å². The van der Waals surface area contributed by atoms with Crippen molar-refractivity contribution in [2.24, 2.45) is 0 Å². The highest BCUT2D eigenvalue weighted by atomic mass is 32.1.